The second kappa shape index (κ2) is 11.5. The van der Waals surface area contributed by atoms with E-state index in [0.29, 0.717) is 18.9 Å². The molecule has 0 aliphatic heterocycles. The van der Waals surface area contributed by atoms with Gasteiger partial charge >= 0.3 is 5.97 Å². The van der Waals surface area contributed by atoms with E-state index in [2.05, 4.69) is 5.32 Å². The predicted molar refractivity (Wildman–Crippen MR) is 128 cm³/mol. The van der Waals surface area contributed by atoms with Gasteiger partial charge in [-0.2, -0.15) is 0 Å². The van der Waals surface area contributed by atoms with Gasteiger partial charge in [-0.15, -0.1) is 0 Å². The molecule has 1 aliphatic carbocycles. The predicted octanol–water partition coefficient (Wildman–Crippen LogP) is 4.77. The smallest absolute Gasteiger partial charge is 0.326 e. The topological polar surface area (TPSA) is 111 Å². The van der Waals surface area contributed by atoms with Crippen LogP contribution >= 0.6 is 0 Å². The van der Waals surface area contributed by atoms with Crippen molar-refractivity contribution in [2.24, 2.45) is 11.8 Å². The molecule has 1 heterocycles. The van der Waals surface area contributed by atoms with Crippen LogP contribution in [-0.2, 0) is 20.9 Å². The highest BCUT2D eigenvalue weighted by atomic mass is 16.5. The fourth-order valence-corrected chi connectivity index (χ4v) is 4.31. The number of nitrogens with one attached hydrogen (secondary N) is 1. The number of hydrogen-bond acceptors (Lipinski definition) is 6. The lowest BCUT2D eigenvalue weighted by molar-refractivity contribution is -0.144. The molecule has 2 aromatic rings. The number of rotatable bonds is 10. The molecule has 1 fully saturated rings. The Morgan fingerprint density at radius 3 is 2.65 bits per heavy atom. The second-order valence-corrected chi connectivity index (χ2v) is 9.58. The minimum absolute atomic E-state index is 0.0937. The highest BCUT2D eigenvalue weighted by Crippen LogP contribution is 2.31. The van der Waals surface area contributed by atoms with E-state index in [1.807, 2.05) is 38.1 Å². The van der Waals surface area contributed by atoms with E-state index < -0.39 is 12.0 Å². The van der Waals surface area contributed by atoms with Gasteiger partial charge in [0.05, 0.1) is 19.8 Å². The minimum Gasteiger partial charge on any atom is -0.497 e. The monoisotopic (exact) mass is 472 g/mol. The first-order chi connectivity index (χ1) is 16.2. The van der Waals surface area contributed by atoms with Crippen molar-refractivity contribution in [2.45, 2.75) is 78.0 Å². The van der Waals surface area contributed by atoms with Crippen LogP contribution in [0.2, 0.25) is 0 Å². The summed E-state index contributed by atoms with van der Waals surface area (Å²) in [6.07, 6.45) is 2.91. The lowest BCUT2D eigenvalue weighted by atomic mass is 9.86. The van der Waals surface area contributed by atoms with Crippen molar-refractivity contribution in [1.82, 2.24) is 10.3 Å². The lowest BCUT2D eigenvalue weighted by Gasteiger charge is -2.29. The van der Waals surface area contributed by atoms with Crippen LogP contribution in [0.15, 0.2) is 28.7 Å². The average molecular weight is 473 g/mol. The van der Waals surface area contributed by atoms with Crippen molar-refractivity contribution in [2.75, 3.05) is 7.11 Å². The number of aliphatic carboxylic acids is 1. The number of benzene rings is 1. The molecule has 8 nitrogen and oxygen atoms in total. The summed E-state index contributed by atoms with van der Waals surface area (Å²) < 4.78 is 17.6. The van der Waals surface area contributed by atoms with Crippen LogP contribution in [-0.4, -0.2) is 41.2 Å². The molecule has 8 heteroatoms. The molecule has 2 N–H and O–H groups in total. The normalized spacial score (nSPS) is 19.3. The van der Waals surface area contributed by atoms with Crippen molar-refractivity contribution in [3.63, 3.8) is 0 Å². The average Bonchev–Trinajstić information content (AvgIpc) is 3.25. The number of amides is 1. The number of oxazole rings is 1. The van der Waals surface area contributed by atoms with E-state index in [-0.39, 0.29) is 29.8 Å². The van der Waals surface area contributed by atoms with Crippen LogP contribution in [0.5, 0.6) is 5.75 Å². The summed E-state index contributed by atoms with van der Waals surface area (Å²) in [7, 11) is 1.62. The largest absolute Gasteiger partial charge is 0.497 e. The molecular weight excluding hydrogens is 436 g/mol. The van der Waals surface area contributed by atoms with Crippen LogP contribution in [0, 0.1) is 11.8 Å². The lowest BCUT2D eigenvalue weighted by Crippen LogP contribution is -2.47. The molecule has 186 valence electrons. The zero-order valence-corrected chi connectivity index (χ0v) is 20.7. The number of hydrogen-bond donors (Lipinski definition) is 2. The Labute approximate surface area is 201 Å². The highest BCUT2D eigenvalue weighted by Gasteiger charge is 2.32. The number of carboxylic acids is 1. The second-order valence-electron chi connectivity index (χ2n) is 9.58. The molecule has 0 radical (unpaired) electrons. The zero-order chi connectivity index (χ0) is 24.8. The van der Waals surface area contributed by atoms with Gasteiger partial charge in [0.25, 0.3) is 0 Å². The summed E-state index contributed by atoms with van der Waals surface area (Å²) in [4.78, 5) is 28.9. The maximum absolute atomic E-state index is 12.7. The maximum atomic E-state index is 12.7. The first-order valence-corrected chi connectivity index (χ1v) is 12.0. The van der Waals surface area contributed by atoms with E-state index >= 15 is 0 Å². The summed E-state index contributed by atoms with van der Waals surface area (Å²) in [6, 6.07) is 6.69. The molecule has 34 heavy (non-hydrogen) atoms. The number of carboxylic acid groups (broad SMARTS) is 1. The molecule has 1 saturated carbocycles. The van der Waals surface area contributed by atoms with E-state index in [1.165, 1.54) is 0 Å². The van der Waals surface area contributed by atoms with Crippen molar-refractivity contribution in [3.8, 4) is 17.2 Å². The van der Waals surface area contributed by atoms with Crippen LogP contribution in [0.1, 0.15) is 70.8 Å². The third-order valence-corrected chi connectivity index (χ3v) is 6.25. The molecule has 1 aliphatic rings. The van der Waals surface area contributed by atoms with Crippen LogP contribution in [0.25, 0.3) is 11.5 Å². The van der Waals surface area contributed by atoms with Crippen LogP contribution in [0.4, 0.5) is 0 Å². The van der Waals surface area contributed by atoms with Crippen molar-refractivity contribution in [3.05, 3.63) is 35.7 Å². The van der Waals surface area contributed by atoms with E-state index in [0.717, 1.165) is 42.0 Å². The Kier molecular flexibility index (Phi) is 8.72. The van der Waals surface area contributed by atoms with Crippen molar-refractivity contribution >= 4 is 11.9 Å². The summed E-state index contributed by atoms with van der Waals surface area (Å²) in [5.41, 5.74) is 1.59. The van der Waals surface area contributed by atoms with Crippen LogP contribution in [0.3, 0.4) is 0 Å². The zero-order valence-electron chi connectivity index (χ0n) is 20.7. The molecule has 0 bridgehead atoms. The maximum Gasteiger partial charge on any atom is 0.326 e. The number of carbonyl (C=O) groups excluding carboxylic acids is 1. The Morgan fingerprint density at radius 2 is 2.00 bits per heavy atom. The van der Waals surface area contributed by atoms with Gasteiger partial charge in [-0.05, 0) is 43.4 Å². The molecule has 3 atom stereocenters. The van der Waals surface area contributed by atoms with Gasteiger partial charge in [0.15, 0.2) is 0 Å². The van der Waals surface area contributed by atoms with E-state index in [4.69, 9.17) is 18.9 Å². The third kappa shape index (κ3) is 6.38. The molecule has 0 saturated heterocycles. The molecule has 1 aromatic heterocycles. The summed E-state index contributed by atoms with van der Waals surface area (Å²) in [5.74, 6) is 0.517. The highest BCUT2D eigenvalue weighted by molar-refractivity contribution is 5.85. The van der Waals surface area contributed by atoms with Gasteiger partial charge in [0.1, 0.15) is 23.2 Å². The Hall–Kier alpha value is -2.87. The molecular formula is C26H36N2O6. The summed E-state index contributed by atoms with van der Waals surface area (Å²) in [6.45, 7) is 7.97. The quantitative estimate of drug-likeness (QED) is 0.512. The van der Waals surface area contributed by atoms with Gasteiger partial charge in [-0.3, -0.25) is 4.79 Å². The van der Waals surface area contributed by atoms with E-state index in [9.17, 15) is 14.7 Å². The van der Waals surface area contributed by atoms with Gasteiger partial charge in [-0.1, -0.05) is 40.2 Å². The Morgan fingerprint density at radius 1 is 1.24 bits per heavy atom. The number of carbonyl (C=O) groups is 2. The summed E-state index contributed by atoms with van der Waals surface area (Å²) in [5, 5.41) is 12.1. The molecule has 1 aromatic carbocycles. The summed E-state index contributed by atoms with van der Waals surface area (Å²) >= 11 is 0. The van der Waals surface area contributed by atoms with Gasteiger partial charge in [0.2, 0.25) is 11.8 Å². The van der Waals surface area contributed by atoms with Crippen molar-refractivity contribution < 1.29 is 28.6 Å². The van der Waals surface area contributed by atoms with Gasteiger partial charge in [0, 0.05) is 17.4 Å². The number of nitrogens with zero attached hydrogens (tertiary/aromatic N) is 1. The molecule has 1 unspecified atom stereocenters. The van der Waals surface area contributed by atoms with Gasteiger partial charge < -0.3 is 24.3 Å². The van der Waals surface area contributed by atoms with Crippen LogP contribution < -0.4 is 10.1 Å². The molecule has 3 rings (SSSR count). The molecule has 1 amide bonds. The molecule has 0 spiro atoms. The Balaban J connectivity index is 1.65. The first-order valence-electron chi connectivity index (χ1n) is 12.0. The fraction of sp³-hybridized carbons (Fsp3) is 0.577. The minimum atomic E-state index is -1.01. The van der Waals surface area contributed by atoms with Gasteiger partial charge in [-0.25, -0.2) is 9.78 Å². The fourth-order valence-electron chi connectivity index (χ4n) is 4.31. The number of methoxy groups -OCH3 is 1. The SMILES string of the molecule is COc1cccc(-c2nc(CO[C@@H]3CCC[C@H](C(=O)NC(C(=O)O)C(C)C)C3)c(C(C)C)o2)c1. The number of ether oxygens (including phenoxy) is 2. The number of aromatic nitrogens is 1. The first kappa shape index (κ1) is 25.7. The third-order valence-electron chi connectivity index (χ3n) is 6.25. The van der Waals surface area contributed by atoms with E-state index in [1.54, 1.807) is 21.0 Å². The van der Waals surface area contributed by atoms with Crippen molar-refractivity contribution in [1.29, 1.82) is 0 Å². The Bertz CT molecular complexity index is 983. The standard InChI is InChI=1S/C26H36N2O6/c1-15(2)22(26(30)31)28-24(29)17-8-6-11-20(12-17)33-14-21-23(16(3)4)34-25(27-21)18-9-7-10-19(13-18)32-5/h7,9-10,13,15-17,20,22H,6,8,11-12,14H2,1-5H3,(H,28,29)(H,30,31)/t17-,20+,22?/m0/s1.